The molecule has 1 fully saturated rings. The molecule has 2 N–H and O–H groups in total. The fraction of sp³-hybridized carbons (Fsp3) is 0.500. The molecule has 0 aliphatic carbocycles. The van der Waals surface area contributed by atoms with Gasteiger partial charge in [0.05, 0.1) is 0 Å². The Labute approximate surface area is 147 Å². The van der Waals surface area contributed by atoms with Crippen molar-refractivity contribution in [2.75, 3.05) is 6.54 Å². The van der Waals surface area contributed by atoms with E-state index >= 15 is 0 Å². The van der Waals surface area contributed by atoms with E-state index in [1.165, 1.54) is 4.90 Å². The van der Waals surface area contributed by atoms with Crippen LogP contribution < -0.4 is 10.6 Å². The average Bonchev–Trinajstić information content (AvgIpc) is 2.54. The molecule has 0 spiro atoms. The lowest BCUT2D eigenvalue weighted by atomic mass is 10.1. The number of nitrogens with one attached hydrogen (secondary N) is 2. The Morgan fingerprint density at radius 3 is 2.44 bits per heavy atom. The molecule has 1 atom stereocenters. The monoisotopic (exact) mass is 347 g/mol. The van der Waals surface area contributed by atoms with E-state index in [9.17, 15) is 14.4 Å². The van der Waals surface area contributed by atoms with Crippen LogP contribution in [0.5, 0.6) is 0 Å². The lowest BCUT2D eigenvalue weighted by Crippen LogP contribution is -2.56. The molecule has 1 heterocycles. The third-order valence-electron chi connectivity index (χ3n) is 3.69. The van der Waals surface area contributed by atoms with Crippen LogP contribution in [0.25, 0.3) is 0 Å². The second kappa shape index (κ2) is 8.00. The fourth-order valence-corrected chi connectivity index (χ4v) is 2.57. The van der Waals surface area contributed by atoms with Crippen LogP contribution in [-0.4, -0.2) is 41.2 Å². The molecule has 7 heteroatoms. The van der Waals surface area contributed by atoms with E-state index in [0.29, 0.717) is 18.5 Å². The second-order valence-corrected chi connectivity index (χ2v) is 6.98. The van der Waals surface area contributed by atoms with Crippen molar-refractivity contribution in [1.29, 1.82) is 0 Å². The van der Waals surface area contributed by atoms with Crippen molar-refractivity contribution in [2.24, 2.45) is 0 Å². The van der Waals surface area contributed by atoms with E-state index in [2.05, 4.69) is 10.6 Å². The van der Waals surface area contributed by atoms with Crippen LogP contribution in [0, 0.1) is 0 Å². The third-order valence-corrected chi connectivity index (χ3v) is 3.69. The quantitative estimate of drug-likeness (QED) is 0.861. The maximum Gasteiger partial charge on any atom is 0.411 e. The molecule has 0 saturated carbocycles. The van der Waals surface area contributed by atoms with Gasteiger partial charge in [-0.15, -0.1) is 0 Å². The van der Waals surface area contributed by atoms with Gasteiger partial charge in [0, 0.05) is 12.1 Å². The van der Waals surface area contributed by atoms with Gasteiger partial charge in [0.15, 0.2) is 0 Å². The zero-order chi connectivity index (χ0) is 18.4. The first-order valence-corrected chi connectivity index (χ1v) is 8.43. The van der Waals surface area contributed by atoms with Crippen molar-refractivity contribution >= 4 is 18.0 Å². The molecule has 7 nitrogen and oxygen atoms in total. The van der Waals surface area contributed by atoms with Crippen LogP contribution in [0.1, 0.15) is 50.4 Å². The number of benzene rings is 1. The number of imide groups is 1. The highest BCUT2D eigenvalue weighted by Crippen LogP contribution is 2.19. The summed E-state index contributed by atoms with van der Waals surface area (Å²) in [5, 5.41) is 4.97. The number of carbonyl (C=O) groups is 3. The zero-order valence-corrected chi connectivity index (χ0v) is 14.9. The highest BCUT2D eigenvalue weighted by Gasteiger charge is 2.31. The number of nitrogens with zero attached hydrogens (tertiary/aromatic N) is 1. The van der Waals surface area contributed by atoms with E-state index in [1.807, 2.05) is 0 Å². The Hall–Kier alpha value is -2.57. The molecular formula is C18H25N3O4. The van der Waals surface area contributed by atoms with Crippen molar-refractivity contribution in [3.05, 3.63) is 35.9 Å². The summed E-state index contributed by atoms with van der Waals surface area (Å²) in [7, 11) is 0. The number of urea groups is 1. The van der Waals surface area contributed by atoms with Gasteiger partial charge in [-0.25, -0.2) is 9.59 Å². The van der Waals surface area contributed by atoms with E-state index in [4.69, 9.17) is 4.74 Å². The lowest BCUT2D eigenvalue weighted by molar-refractivity contribution is 0.00722. The maximum atomic E-state index is 12.3. The number of likely N-dealkylation sites (tertiary alicyclic amines) is 1. The van der Waals surface area contributed by atoms with E-state index in [0.717, 1.165) is 12.8 Å². The van der Waals surface area contributed by atoms with Crippen LogP contribution in [0.3, 0.4) is 0 Å². The van der Waals surface area contributed by atoms with Gasteiger partial charge in [0.2, 0.25) is 0 Å². The smallest absolute Gasteiger partial charge is 0.411 e. The number of hydrogen-bond acceptors (Lipinski definition) is 4. The van der Waals surface area contributed by atoms with Crippen LogP contribution in [0.2, 0.25) is 0 Å². The number of piperidine rings is 1. The van der Waals surface area contributed by atoms with Crippen molar-refractivity contribution in [2.45, 2.75) is 51.8 Å². The minimum atomic E-state index is -0.630. The zero-order valence-electron chi connectivity index (χ0n) is 14.9. The highest BCUT2D eigenvalue weighted by atomic mass is 16.6. The Kier molecular flexibility index (Phi) is 6.01. The number of ether oxygens (including phenoxy) is 1. The predicted molar refractivity (Wildman–Crippen MR) is 93.0 cm³/mol. The molecule has 136 valence electrons. The summed E-state index contributed by atoms with van der Waals surface area (Å²) in [5.41, 5.74) is -0.213. The molecule has 0 aromatic heterocycles. The van der Waals surface area contributed by atoms with Crippen molar-refractivity contribution in [1.82, 2.24) is 15.5 Å². The van der Waals surface area contributed by atoms with E-state index in [1.54, 1.807) is 51.1 Å². The van der Waals surface area contributed by atoms with Gasteiger partial charge in [-0.2, -0.15) is 0 Å². The molecule has 1 aliphatic rings. The van der Waals surface area contributed by atoms with Crippen LogP contribution in [0.4, 0.5) is 9.59 Å². The topological polar surface area (TPSA) is 87.7 Å². The molecule has 1 aromatic rings. The summed E-state index contributed by atoms with van der Waals surface area (Å²) in [6, 6.07) is 7.84. The van der Waals surface area contributed by atoms with Crippen molar-refractivity contribution in [3.8, 4) is 0 Å². The minimum absolute atomic E-state index is 0.394. The van der Waals surface area contributed by atoms with Gasteiger partial charge in [-0.05, 0) is 52.2 Å². The number of rotatable bonds is 2. The number of hydrogen-bond donors (Lipinski definition) is 2. The van der Waals surface area contributed by atoms with Crippen LogP contribution in [-0.2, 0) is 4.74 Å². The first-order valence-electron chi connectivity index (χ1n) is 8.43. The van der Waals surface area contributed by atoms with E-state index in [-0.39, 0.29) is 0 Å². The minimum Gasteiger partial charge on any atom is -0.444 e. The second-order valence-electron chi connectivity index (χ2n) is 6.98. The molecule has 0 radical (unpaired) electrons. The van der Waals surface area contributed by atoms with Crippen molar-refractivity contribution < 1.29 is 19.1 Å². The molecule has 1 unspecified atom stereocenters. The molecule has 1 aliphatic heterocycles. The highest BCUT2D eigenvalue weighted by molar-refractivity contribution is 6.04. The SMILES string of the molecule is CC(C)(C)OC(=O)N1CCCCC1NC(=O)NC(=O)c1ccccc1. The predicted octanol–water partition coefficient (Wildman–Crippen LogP) is 2.87. The van der Waals surface area contributed by atoms with Gasteiger partial charge in [0.1, 0.15) is 11.8 Å². The van der Waals surface area contributed by atoms with Gasteiger partial charge >= 0.3 is 12.1 Å². The first kappa shape index (κ1) is 18.8. The average molecular weight is 347 g/mol. The summed E-state index contributed by atoms with van der Waals surface area (Å²) >= 11 is 0. The number of carbonyl (C=O) groups excluding carboxylic acids is 3. The van der Waals surface area contributed by atoms with Gasteiger partial charge in [0.25, 0.3) is 5.91 Å². The Morgan fingerprint density at radius 1 is 1.12 bits per heavy atom. The molecule has 25 heavy (non-hydrogen) atoms. The summed E-state index contributed by atoms with van der Waals surface area (Å²) in [5.74, 6) is -0.488. The largest absolute Gasteiger partial charge is 0.444 e. The van der Waals surface area contributed by atoms with E-state index < -0.39 is 29.8 Å². The van der Waals surface area contributed by atoms with Crippen LogP contribution >= 0.6 is 0 Å². The molecule has 4 amide bonds. The summed E-state index contributed by atoms with van der Waals surface area (Å²) in [4.78, 5) is 38.0. The Morgan fingerprint density at radius 2 is 1.80 bits per heavy atom. The lowest BCUT2D eigenvalue weighted by Gasteiger charge is -2.36. The Balaban J connectivity index is 1.95. The standard InChI is InChI=1S/C18H25N3O4/c1-18(2,3)25-17(24)21-12-8-7-11-14(21)19-16(23)20-15(22)13-9-5-4-6-10-13/h4-6,9-10,14H,7-8,11-12H2,1-3H3,(H2,19,20,22,23). The van der Waals surface area contributed by atoms with Crippen LogP contribution in [0.15, 0.2) is 30.3 Å². The van der Waals surface area contributed by atoms with Crippen molar-refractivity contribution in [3.63, 3.8) is 0 Å². The molecule has 1 aromatic carbocycles. The normalized spacial score (nSPS) is 17.6. The molecular weight excluding hydrogens is 322 g/mol. The summed E-state index contributed by atoms with van der Waals surface area (Å²) in [6.45, 7) is 5.89. The Bertz CT molecular complexity index is 625. The van der Waals surface area contributed by atoms with Gasteiger partial charge < -0.3 is 10.1 Å². The first-order chi connectivity index (χ1) is 11.8. The summed E-state index contributed by atoms with van der Waals surface area (Å²) < 4.78 is 5.39. The number of amides is 4. The third kappa shape index (κ3) is 5.77. The fourth-order valence-electron chi connectivity index (χ4n) is 2.57. The maximum absolute atomic E-state index is 12.3. The van der Waals surface area contributed by atoms with Gasteiger partial charge in [-0.3, -0.25) is 15.0 Å². The molecule has 1 saturated heterocycles. The summed E-state index contributed by atoms with van der Waals surface area (Å²) in [6.07, 6.45) is 1.39. The van der Waals surface area contributed by atoms with Gasteiger partial charge in [-0.1, -0.05) is 18.2 Å². The molecule has 0 bridgehead atoms. The molecule has 2 rings (SSSR count).